The van der Waals surface area contributed by atoms with Gasteiger partial charge in [0.25, 0.3) is 0 Å². The third-order valence-electron chi connectivity index (χ3n) is 5.74. The molecule has 0 atom stereocenters. The number of hydrogen-bond acceptors (Lipinski definition) is 5. The van der Waals surface area contributed by atoms with Gasteiger partial charge in [0.15, 0.2) is 11.5 Å². The van der Waals surface area contributed by atoms with Gasteiger partial charge >= 0.3 is 5.97 Å². The van der Waals surface area contributed by atoms with Gasteiger partial charge < -0.3 is 19.8 Å². The Bertz CT molecular complexity index is 656. The number of phenols is 1. The third kappa shape index (κ3) is 8.60. The molecule has 6 nitrogen and oxygen atoms in total. The second kappa shape index (κ2) is 15.8. The van der Waals surface area contributed by atoms with Crippen LogP contribution in [-0.4, -0.2) is 30.4 Å². The third-order valence-corrected chi connectivity index (χ3v) is 5.74. The van der Waals surface area contributed by atoms with Crippen LogP contribution in [0, 0.1) is 0 Å². The summed E-state index contributed by atoms with van der Waals surface area (Å²) in [6.45, 7) is 4.38. The highest BCUT2D eigenvalue weighted by atomic mass is 17.2. The van der Waals surface area contributed by atoms with Crippen molar-refractivity contribution in [2.75, 3.05) is 14.2 Å². The van der Waals surface area contributed by atoms with Crippen molar-refractivity contribution in [2.24, 2.45) is 0 Å². The van der Waals surface area contributed by atoms with Crippen molar-refractivity contribution in [2.45, 2.75) is 104 Å². The van der Waals surface area contributed by atoms with Crippen molar-refractivity contribution in [1.29, 1.82) is 0 Å². The summed E-state index contributed by atoms with van der Waals surface area (Å²) in [6, 6.07) is 0. The number of carboxylic acid groups (broad SMARTS) is 1. The summed E-state index contributed by atoms with van der Waals surface area (Å²) in [5, 5.41) is 20.6. The molecule has 0 heterocycles. The van der Waals surface area contributed by atoms with Crippen molar-refractivity contribution in [3.05, 3.63) is 16.7 Å². The molecule has 2 N–H and O–H groups in total. The van der Waals surface area contributed by atoms with Crippen LogP contribution in [0.3, 0.4) is 0 Å². The van der Waals surface area contributed by atoms with Gasteiger partial charge in [-0.3, -0.25) is 0 Å². The van der Waals surface area contributed by atoms with Crippen LogP contribution in [0.5, 0.6) is 17.2 Å². The molecular formula is C25H42O6. The van der Waals surface area contributed by atoms with Crippen LogP contribution >= 0.6 is 0 Å². The van der Waals surface area contributed by atoms with Crippen molar-refractivity contribution in [3.63, 3.8) is 0 Å². The number of benzene rings is 1. The molecule has 6 heteroatoms. The minimum Gasteiger partial charge on any atom is -0.503 e. The second-order valence-corrected chi connectivity index (χ2v) is 8.13. The number of carbonyl (C=O) groups is 1. The molecule has 0 bridgehead atoms. The maximum Gasteiger partial charge on any atom is 0.339 e. The first-order chi connectivity index (χ1) is 15.0. The van der Waals surface area contributed by atoms with Crippen LogP contribution < -0.4 is 9.62 Å². The first kappa shape index (κ1) is 27.1. The zero-order chi connectivity index (χ0) is 23.1. The van der Waals surface area contributed by atoms with E-state index in [1.54, 1.807) is 0 Å². The Balaban J connectivity index is 3.17. The largest absolute Gasteiger partial charge is 0.503 e. The van der Waals surface area contributed by atoms with Crippen LogP contribution in [0.2, 0.25) is 0 Å². The first-order valence-electron chi connectivity index (χ1n) is 11.9. The molecule has 0 fully saturated rings. The van der Waals surface area contributed by atoms with E-state index in [4.69, 9.17) is 14.5 Å². The average molecular weight is 439 g/mol. The van der Waals surface area contributed by atoms with Gasteiger partial charge in [-0.2, -0.15) is 4.89 Å². The lowest BCUT2D eigenvalue weighted by atomic mass is 9.90. The Morgan fingerprint density at radius 3 is 1.68 bits per heavy atom. The van der Waals surface area contributed by atoms with Crippen LogP contribution in [0.15, 0.2) is 0 Å². The minimum absolute atomic E-state index is 0.0601. The summed E-state index contributed by atoms with van der Waals surface area (Å²) >= 11 is 0. The van der Waals surface area contributed by atoms with Crippen molar-refractivity contribution in [3.8, 4) is 17.2 Å². The van der Waals surface area contributed by atoms with E-state index in [2.05, 4.69) is 13.8 Å². The Morgan fingerprint density at radius 1 is 0.742 bits per heavy atom. The zero-order valence-electron chi connectivity index (χ0n) is 19.9. The van der Waals surface area contributed by atoms with Gasteiger partial charge in [0, 0.05) is 5.56 Å². The highest BCUT2D eigenvalue weighted by Gasteiger charge is 2.29. The van der Waals surface area contributed by atoms with Crippen LogP contribution in [-0.2, 0) is 17.7 Å². The maximum absolute atomic E-state index is 12.1. The van der Waals surface area contributed by atoms with Gasteiger partial charge in [0.2, 0.25) is 5.75 Å². The van der Waals surface area contributed by atoms with E-state index in [9.17, 15) is 15.0 Å². The Morgan fingerprint density at radius 2 is 1.23 bits per heavy atom. The number of aromatic carboxylic acids is 1. The smallest absolute Gasteiger partial charge is 0.339 e. The quantitative estimate of drug-likeness (QED) is 0.148. The summed E-state index contributed by atoms with van der Waals surface area (Å²) in [5.41, 5.74) is 1.38. The number of ether oxygens (including phenoxy) is 1. The van der Waals surface area contributed by atoms with Crippen LogP contribution in [0.4, 0.5) is 0 Å². The molecule has 0 amide bonds. The average Bonchev–Trinajstić information content (AvgIpc) is 2.75. The lowest BCUT2D eigenvalue weighted by Gasteiger charge is -2.21. The van der Waals surface area contributed by atoms with Gasteiger partial charge in [-0.1, -0.05) is 78.1 Å². The Labute approximate surface area is 187 Å². The molecule has 0 aliphatic heterocycles. The first-order valence-corrected chi connectivity index (χ1v) is 11.9. The number of rotatable bonds is 18. The van der Waals surface area contributed by atoms with Gasteiger partial charge in [-0.15, -0.1) is 0 Å². The molecule has 31 heavy (non-hydrogen) atoms. The highest BCUT2D eigenvalue weighted by molar-refractivity contribution is 5.95. The van der Waals surface area contributed by atoms with Crippen molar-refractivity contribution >= 4 is 5.97 Å². The van der Waals surface area contributed by atoms with E-state index < -0.39 is 11.7 Å². The number of methoxy groups -OCH3 is 1. The minimum atomic E-state index is -1.16. The van der Waals surface area contributed by atoms with Crippen molar-refractivity contribution in [1.82, 2.24) is 0 Å². The molecule has 1 aromatic carbocycles. The predicted octanol–water partition coefficient (Wildman–Crippen LogP) is 6.85. The van der Waals surface area contributed by atoms with Gasteiger partial charge in [-0.05, 0) is 31.2 Å². The molecular weight excluding hydrogens is 396 g/mol. The molecule has 0 aliphatic carbocycles. The summed E-state index contributed by atoms with van der Waals surface area (Å²) in [4.78, 5) is 22.0. The molecule has 1 rings (SSSR count). The number of carboxylic acids is 1. The van der Waals surface area contributed by atoms with E-state index in [0.29, 0.717) is 24.2 Å². The fourth-order valence-corrected chi connectivity index (χ4v) is 4.10. The summed E-state index contributed by atoms with van der Waals surface area (Å²) in [5.74, 6) is -1.28. The molecule has 0 radical (unpaired) electrons. The summed E-state index contributed by atoms with van der Waals surface area (Å²) < 4.78 is 5.58. The van der Waals surface area contributed by atoms with E-state index in [1.807, 2.05) is 0 Å². The molecule has 0 spiro atoms. The van der Waals surface area contributed by atoms with Gasteiger partial charge in [-0.25, -0.2) is 4.79 Å². The van der Waals surface area contributed by atoms with E-state index in [1.165, 1.54) is 52.7 Å². The molecule has 0 saturated heterocycles. The Hall–Kier alpha value is -1.95. The molecule has 0 saturated carbocycles. The predicted molar refractivity (Wildman–Crippen MR) is 123 cm³/mol. The van der Waals surface area contributed by atoms with E-state index in [0.717, 1.165) is 44.1 Å². The lowest BCUT2D eigenvalue weighted by molar-refractivity contribution is -0.180. The number of aromatic hydroxyl groups is 1. The van der Waals surface area contributed by atoms with Crippen molar-refractivity contribution < 1.29 is 29.5 Å². The van der Waals surface area contributed by atoms with E-state index >= 15 is 0 Å². The fraction of sp³-hybridized carbons (Fsp3) is 0.720. The Kier molecular flexibility index (Phi) is 13.8. The number of hydrogen-bond donors (Lipinski definition) is 2. The SMILES string of the molecule is CCCCCCCCc1c(CCCCCCCC)c(C(=O)O)c(O)c(OOC)c1OC. The monoisotopic (exact) mass is 438 g/mol. The highest BCUT2D eigenvalue weighted by Crippen LogP contribution is 2.46. The molecule has 0 unspecified atom stereocenters. The topological polar surface area (TPSA) is 85.2 Å². The van der Waals surface area contributed by atoms with Crippen LogP contribution in [0.1, 0.15) is 112 Å². The normalized spacial score (nSPS) is 11.0. The summed E-state index contributed by atoms with van der Waals surface area (Å²) in [7, 11) is 2.83. The standard InChI is InChI=1S/C25H42O6/c1-5-7-9-11-13-15-17-19-20(18-16-14-12-10-8-6-2)23(29-3)24(31-30-4)22(26)21(19)25(27)28/h26H,5-18H2,1-4H3,(H,27,28). The lowest BCUT2D eigenvalue weighted by Crippen LogP contribution is -2.11. The molecule has 178 valence electrons. The molecule has 0 aliphatic rings. The van der Waals surface area contributed by atoms with E-state index in [-0.39, 0.29) is 11.3 Å². The zero-order valence-corrected chi connectivity index (χ0v) is 19.9. The molecule has 1 aromatic rings. The van der Waals surface area contributed by atoms with Gasteiger partial charge in [0.05, 0.1) is 14.2 Å². The van der Waals surface area contributed by atoms with Gasteiger partial charge in [0.1, 0.15) is 5.56 Å². The maximum atomic E-state index is 12.1. The summed E-state index contributed by atoms with van der Waals surface area (Å²) in [6.07, 6.45) is 14.8. The fourth-order valence-electron chi connectivity index (χ4n) is 4.10. The number of unbranched alkanes of at least 4 members (excludes halogenated alkanes) is 10. The van der Waals surface area contributed by atoms with Crippen LogP contribution in [0.25, 0.3) is 0 Å². The molecule has 0 aromatic heterocycles. The second-order valence-electron chi connectivity index (χ2n) is 8.13.